The molecule has 0 bridgehead atoms. The first-order valence-electron chi connectivity index (χ1n) is 6.47. The van der Waals surface area contributed by atoms with E-state index in [1.807, 2.05) is 12.1 Å². The van der Waals surface area contributed by atoms with Crippen molar-refractivity contribution < 1.29 is 9.13 Å². The van der Waals surface area contributed by atoms with Crippen LogP contribution in [-0.2, 0) is 12.8 Å². The summed E-state index contributed by atoms with van der Waals surface area (Å²) in [7, 11) is 0. The molecular weight excluding hydrogens is 343 g/mol. The van der Waals surface area contributed by atoms with Gasteiger partial charge in [-0.25, -0.2) is 4.39 Å². The molecule has 1 aliphatic heterocycles. The van der Waals surface area contributed by atoms with E-state index < -0.39 is 0 Å². The van der Waals surface area contributed by atoms with Gasteiger partial charge in [0.25, 0.3) is 0 Å². The van der Waals surface area contributed by atoms with Gasteiger partial charge in [0.1, 0.15) is 11.6 Å². The SMILES string of the molecule is Fc1ccc(CC(Br)c2cc(Cl)cc3c2OCC3)cc1. The average Bonchev–Trinajstić information content (AvgIpc) is 2.88. The topological polar surface area (TPSA) is 9.23 Å². The molecule has 1 atom stereocenters. The zero-order valence-corrected chi connectivity index (χ0v) is 13.0. The molecule has 0 fully saturated rings. The second-order valence-corrected chi connectivity index (χ2v) is 6.42. The van der Waals surface area contributed by atoms with E-state index in [4.69, 9.17) is 16.3 Å². The van der Waals surface area contributed by atoms with Crippen LogP contribution >= 0.6 is 27.5 Å². The predicted octanol–water partition coefficient (Wildman–Crippen LogP) is 5.09. The Labute approximate surface area is 130 Å². The lowest BCUT2D eigenvalue weighted by Gasteiger charge is -2.15. The molecule has 1 heterocycles. The maximum absolute atomic E-state index is 12.9. The van der Waals surface area contributed by atoms with E-state index in [9.17, 15) is 4.39 Å². The predicted molar refractivity (Wildman–Crippen MR) is 82.4 cm³/mol. The standard InChI is InChI=1S/C16H13BrClFO/c17-15(7-10-1-3-13(19)4-2-10)14-9-12(18)8-11-5-6-20-16(11)14/h1-4,8-9,15H,5-7H2. The van der Waals surface area contributed by atoms with Crippen LogP contribution in [0, 0.1) is 5.82 Å². The first kappa shape index (κ1) is 13.9. The summed E-state index contributed by atoms with van der Waals surface area (Å²) in [5.74, 6) is 0.727. The fraction of sp³-hybridized carbons (Fsp3) is 0.250. The van der Waals surface area contributed by atoms with Crippen LogP contribution in [0.2, 0.25) is 5.02 Å². The molecule has 0 amide bonds. The van der Waals surface area contributed by atoms with Gasteiger partial charge < -0.3 is 4.74 Å². The monoisotopic (exact) mass is 354 g/mol. The summed E-state index contributed by atoms with van der Waals surface area (Å²) in [6.45, 7) is 0.707. The quantitative estimate of drug-likeness (QED) is 0.697. The molecule has 1 unspecified atom stereocenters. The van der Waals surface area contributed by atoms with Gasteiger partial charge in [-0.2, -0.15) is 0 Å². The van der Waals surface area contributed by atoms with Crippen LogP contribution in [0.3, 0.4) is 0 Å². The minimum Gasteiger partial charge on any atom is -0.493 e. The minimum atomic E-state index is -0.216. The third kappa shape index (κ3) is 2.84. The van der Waals surface area contributed by atoms with Crippen molar-refractivity contribution >= 4 is 27.5 Å². The van der Waals surface area contributed by atoms with Crippen molar-refractivity contribution in [3.63, 3.8) is 0 Å². The molecule has 0 saturated carbocycles. The summed E-state index contributed by atoms with van der Waals surface area (Å²) >= 11 is 9.87. The number of halogens is 3. The highest BCUT2D eigenvalue weighted by Crippen LogP contribution is 2.40. The first-order chi connectivity index (χ1) is 9.63. The van der Waals surface area contributed by atoms with Crippen molar-refractivity contribution in [1.29, 1.82) is 0 Å². The largest absolute Gasteiger partial charge is 0.493 e. The molecule has 0 N–H and O–H groups in total. The second-order valence-electron chi connectivity index (χ2n) is 4.88. The Kier molecular flexibility index (Phi) is 3.99. The number of benzene rings is 2. The van der Waals surface area contributed by atoms with Gasteiger partial charge in [-0.3, -0.25) is 0 Å². The van der Waals surface area contributed by atoms with Crippen molar-refractivity contribution in [2.45, 2.75) is 17.7 Å². The zero-order valence-electron chi connectivity index (χ0n) is 10.7. The molecule has 0 radical (unpaired) electrons. The lowest BCUT2D eigenvalue weighted by atomic mass is 10.0. The van der Waals surface area contributed by atoms with Gasteiger partial charge >= 0.3 is 0 Å². The Bertz CT molecular complexity index is 627. The molecule has 0 aliphatic carbocycles. The van der Waals surface area contributed by atoms with Crippen LogP contribution < -0.4 is 4.74 Å². The molecule has 0 spiro atoms. The van der Waals surface area contributed by atoms with Crippen molar-refractivity contribution in [3.8, 4) is 5.75 Å². The Hall–Kier alpha value is -1.06. The van der Waals surface area contributed by atoms with Gasteiger partial charge in [0.2, 0.25) is 0 Å². The molecule has 104 valence electrons. The van der Waals surface area contributed by atoms with Crippen molar-refractivity contribution in [2.24, 2.45) is 0 Å². The van der Waals surface area contributed by atoms with Crippen LogP contribution in [0.15, 0.2) is 36.4 Å². The maximum Gasteiger partial charge on any atom is 0.127 e. The molecule has 0 saturated heterocycles. The number of ether oxygens (including phenoxy) is 1. The number of hydrogen-bond donors (Lipinski definition) is 0. The summed E-state index contributed by atoms with van der Waals surface area (Å²) in [6, 6.07) is 10.5. The van der Waals surface area contributed by atoms with E-state index in [1.165, 1.54) is 12.1 Å². The Balaban J connectivity index is 1.87. The summed E-state index contributed by atoms with van der Waals surface area (Å²) in [5.41, 5.74) is 3.30. The van der Waals surface area contributed by atoms with Gasteiger partial charge in [0.05, 0.1) is 6.61 Å². The summed E-state index contributed by atoms with van der Waals surface area (Å²) in [6.07, 6.45) is 1.66. The van der Waals surface area contributed by atoms with Crippen molar-refractivity contribution in [1.82, 2.24) is 0 Å². The minimum absolute atomic E-state index is 0.0958. The fourth-order valence-electron chi connectivity index (χ4n) is 2.47. The Morgan fingerprint density at radius 1 is 1.25 bits per heavy atom. The highest BCUT2D eigenvalue weighted by Gasteiger charge is 2.22. The second kappa shape index (κ2) is 5.74. The van der Waals surface area contributed by atoms with E-state index in [0.717, 1.165) is 40.3 Å². The molecule has 2 aromatic rings. The lowest BCUT2D eigenvalue weighted by Crippen LogP contribution is -1.99. The number of alkyl halides is 1. The Morgan fingerprint density at radius 2 is 2.00 bits per heavy atom. The molecule has 4 heteroatoms. The van der Waals surface area contributed by atoms with Crippen LogP contribution in [0.1, 0.15) is 21.5 Å². The van der Waals surface area contributed by atoms with E-state index in [0.29, 0.717) is 6.61 Å². The average molecular weight is 356 g/mol. The van der Waals surface area contributed by atoms with Crippen molar-refractivity contribution in [2.75, 3.05) is 6.61 Å². The molecule has 1 nitrogen and oxygen atoms in total. The fourth-order valence-corrected chi connectivity index (χ4v) is 3.43. The van der Waals surface area contributed by atoms with Gasteiger partial charge in [0, 0.05) is 21.8 Å². The van der Waals surface area contributed by atoms with E-state index in [2.05, 4.69) is 15.9 Å². The van der Waals surface area contributed by atoms with E-state index in [-0.39, 0.29) is 10.6 Å². The highest BCUT2D eigenvalue weighted by atomic mass is 79.9. The van der Waals surface area contributed by atoms with Crippen LogP contribution in [0.25, 0.3) is 0 Å². The molecule has 1 aliphatic rings. The molecule has 3 rings (SSSR count). The van der Waals surface area contributed by atoms with E-state index in [1.54, 1.807) is 12.1 Å². The third-order valence-electron chi connectivity index (χ3n) is 3.44. The molecule has 0 aromatic heterocycles. The number of rotatable bonds is 3. The molecule has 20 heavy (non-hydrogen) atoms. The molecular formula is C16H13BrClFO. The lowest BCUT2D eigenvalue weighted by molar-refractivity contribution is 0.353. The highest BCUT2D eigenvalue weighted by molar-refractivity contribution is 9.09. The van der Waals surface area contributed by atoms with Gasteiger partial charge in [-0.05, 0) is 41.8 Å². The zero-order chi connectivity index (χ0) is 14.1. The smallest absolute Gasteiger partial charge is 0.127 e. The Morgan fingerprint density at radius 3 is 2.75 bits per heavy atom. The molecule has 2 aromatic carbocycles. The number of hydrogen-bond acceptors (Lipinski definition) is 1. The van der Waals surface area contributed by atoms with Crippen LogP contribution in [-0.4, -0.2) is 6.61 Å². The van der Waals surface area contributed by atoms with Gasteiger partial charge in [0.15, 0.2) is 0 Å². The van der Waals surface area contributed by atoms with E-state index >= 15 is 0 Å². The summed E-state index contributed by atoms with van der Waals surface area (Å²) < 4.78 is 18.6. The summed E-state index contributed by atoms with van der Waals surface area (Å²) in [4.78, 5) is 0.0958. The third-order valence-corrected chi connectivity index (χ3v) is 4.48. The first-order valence-corrected chi connectivity index (χ1v) is 7.76. The van der Waals surface area contributed by atoms with Gasteiger partial charge in [-0.1, -0.05) is 39.7 Å². The summed E-state index contributed by atoms with van der Waals surface area (Å²) in [5, 5.41) is 0.729. The van der Waals surface area contributed by atoms with Crippen LogP contribution in [0.5, 0.6) is 5.75 Å². The van der Waals surface area contributed by atoms with Gasteiger partial charge in [-0.15, -0.1) is 0 Å². The normalized spacial score (nSPS) is 14.8. The van der Waals surface area contributed by atoms with Crippen LogP contribution in [0.4, 0.5) is 4.39 Å². The van der Waals surface area contributed by atoms with Crippen molar-refractivity contribution in [3.05, 3.63) is 63.9 Å². The maximum atomic E-state index is 12.9. The number of fused-ring (bicyclic) bond motifs is 1.